The zero-order valence-corrected chi connectivity index (χ0v) is 24.5. The summed E-state index contributed by atoms with van der Waals surface area (Å²) >= 11 is 0. The van der Waals surface area contributed by atoms with Gasteiger partial charge in [-0.3, -0.25) is 9.52 Å². The normalized spacial score (nSPS) is 18.4. The number of carbonyl (C=O) groups is 1. The lowest BCUT2D eigenvalue weighted by atomic mass is 10.0. The predicted molar refractivity (Wildman–Crippen MR) is 156 cm³/mol. The van der Waals surface area contributed by atoms with Gasteiger partial charge in [0.1, 0.15) is 11.6 Å². The third kappa shape index (κ3) is 6.44. The van der Waals surface area contributed by atoms with E-state index < -0.39 is 15.6 Å². The molecule has 0 aliphatic carbocycles. The van der Waals surface area contributed by atoms with Crippen molar-refractivity contribution < 1.29 is 13.2 Å². The molecule has 1 atom stereocenters. The quantitative estimate of drug-likeness (QED) is 0.435. The number of hydrogen-bond acceptors (Lipinski definition) is 8. The van der Waals surface area contributed by atoms with Gasteiger partial charge in [-0.2, -0.15) is 9.61 Å². The van der Waals surface area contributed by atoms with Crippen LogP contribution in [0.4, 0.5) is 17.3 Å². The number of amides is 1. The molecular weight excluding hydrogens is 516 g/mol. The van der Waals surface area contributed by atoms with Crippen LogP contribution in [-0.4, -0.2) is 72.3 Å². The Morgan fingerprint density at radius 1 is 1.18 bits per heavy atom. The maximum Gasteiger partial charge on any atom is 0.256 e. The minimum Gasteiger partial charge on any atom is -0.368 e. The molecule has 1 amide bonds. The van der Waals surface area contributed by atoms with Crippen LogP contribution in [0.3, 0.4) is 0 Å². The van der Waals surface area contributed by atoms with Gasteiger partial charge >= 0.3 is 0 Å². The molecule has 3 heterocycles. The first kappa shape index (κ1) is 28.6. The number of fused-ring (bicyclic) bond motifs is 2. The van der Waals surface area contributed by atoms with E-state index >= 15 is 0 Å². The van der Waals surface area contributed by atoms with Gasteiger partial charge in [-0.05, 0) is 50.8 Å². The molecule has 11 nitrogen and oxygen atoms in total. The number of benzene rings is 1. The molecule has 1 unspecified atom stereocenters. The van der Waals surface area contributed by atoms with E-state index in [0.717, 1.165) is 17.8 Å². The van der Waals surface area contributed by atoms with Crippen LogP contribution in [0.15, 0.2) is 30.3 Å². The van der Waals surface area contributed by atoms with E-state index in [1.807, 2.05) is 57.8 Å². The first-order chi connectivity index (χ1) is 18.3. The molecule has 0 radical (unpaired) electrons. The highest BCUT2D eigenvalue weighted by Crippen LogP contribution is 2.30. The van der Waals surface area contributed by atoms with E-state index in [0.29, 0.717) is 48.7 Å². The second kappa shape index (κ2) is 11.0. The van der Waals surface area contributed by atoms with Gasteiger partial charge in [0.05, 0.1) is 28.7 Å². The molecule has 2 bridgehead atoms. The fraction of sp³-hybridized carbons (Fsp3) is 0.519. The highest BCUT2D eigenvalue weighted by molar-refractivity contribution is 7.92. The Morgan fingerprint density at radius 3 is 2.59 bits per heavy atom. The highest BCUT2D eigenvalue weighted by atomic mass is 32.2. The van der Waals surface area contributed by atoms with Crippen molar-refractivity contribution in [3.8, 4) is 0 Å². The molecule has 1 aromatic carbocycles. The number of hydrogen-bond donors (Lipinski definition) is 3. The second-order valence-corrected chi connectivity index (χ2v) is 12.8. The molecule has 1 aliphatic heterocycles. The minimum atomic E-state index is -3.69. The van der Waals surface area contributed by atoms with E-state index in [9.17, 15) is 13.2 Å². The van der Waals surface area contributed by atoms with Gasteiger partial charge < -0.3 is 20.9 Å². The molecule has 0 saturated heterocycles. The van der Waals surface area contributed by atoms with Crippen molar-refractivity contribution in [2.45, 2.75) is 58.5 Å². The molecule has 3 aromatic rings. The molecule has 0 spiro atoms. The van der Waals surface area contributed by atoms with Gasteiger partial charge in [-0.1, -0.05) is 19.9 Å². The fourth-order valence-corrected chi connectivity index (χ4v) is 5.86. The van der Waals surface area contributed by atoms with Crippen molar-refractivity contribution in [1.29, 1.82) is 0 Å². The molecule has 39 heavy (non-hydrogen) atoms. The number of nitrogens with two attached hydrogens (primary N) is 1. The Hall–Kier alpha value is -3.38. The van der Waals surface area contributed by atoms with Crippen molar-refractivity contribution in [2.24, 2.45) is 5.73 Å². The van der Waals surface area contributed by atoms with Crippen LogP contribution >= 0.6 is 0 Å². The number of anilines is 3. The van der Waals surface area contributed by atoms with Crippen molar-refractivity contribution in [1.82, 2.24) is 19.5 Å². The number of nitrogens with one attached hydrogen (secondary N) is 2. The van der Waals surface area contributed by atoms with Crippen LogP contribution in [-0.2, 0) is 16.4 Å². The summed E-state index contributed by atoms with van der Waals surface area (Å²) in [4.78, 5) is 22.2. The molecule has 2 aromatic heterocycles. The van der Waals surface area contributed by atoms with E-state index in [4.69, 9.17) is 15.8 Å². The van der Waals surface area contributed by atoms with Crippen LogP contribution in [0.25, 0.3) is 5.65 Å². The predicted octanol–water partition coefficient (Wildman–Crippen LogP) is 3.25. The van der Waals surface area contributed by atoms with Gasteiger partial charge in [0.25, 0.3) is 5.91 Å². The standard InChI is InChI=1S/C27H40N8O3S/c1-7-18-10-11-20-19(14-18)26(36)34(6)22(8-2)21-15-24-30-23(29-17-27(3,4)28)16-25(35(24)31-21)33(5)12-9-13-39(37,38)32-20/h10-11,14-16,22,32H,7-9,12-13,17,28H2,1-6H3,(H,29,30). The van der Waals surface area contributed by atoms with E-state index in [2.05, 4.69) is 10.0 Å². The highest BCUT2D eigenvalue weighted by Gasteiger charge is 2.28. The van der Waals surface area contributed by atoms with E-state index in [1.54, 1.807) is 28.6 Å². The molecule has 1 aliphatic rings. The zero-order valence-electron chi connectivity index (χ0n) is 23.7. The molecule has 212 valence electrons. The van der Waals surface area contributed by atoms with Crippen molar-refractivity contribution in [3.05, 3.63) is 47.2 Å². The number of aryl methyl sites for hydroxylation is 1. The maximum atomic E-state index is 13.8. The third-order valence-electron chi connectivity index (χ3n) is 6.95. The van der Waals surface area contributed by atoms with E-state index in [-0.39, 0.29) is 23.4 Å². The number of aromatic nitrogens is 3. The smallest absolute Gasteiger partial charge is 0.256 e. The zero-order chi connectivity index (χ0) is 28.5. The first-order valence-corrected chi connectivity index (χ1v) is 15.0. The first-order valence-electron chi connectivity index (χ1n) is 13.4. The summed E-state index contributed by atoms with van der Waals surface area (Å²) in [6.07, 6.45) is 1.70. The number of sulfonamides is 1. The molecule has 12 heteroatoms. The van der Waals surface area contributed by atoms with Gasteiger partial charge in [0.15, 0.2) is 5.65 Å². The SMILES string of the molecule is CCc1ccc2c(c1)C(=O)N(C)C(CC)c1cc3nc(NCC(C)(C)N)cc(n3n1)N(C)CCCS(=O)(=O)N2. The lowest BCUT2D eigenvalue weighted by Gasteiger charge is -2.27. The van der Waals surface area contributed by atoms with Crippen LogP contribution in [0.2, 0.25) is 0 Å². The second-order valence-electron chi connectivity index (χ2n) is 11.0. The average molecular weight is 557 g/mol. The molecular formula is C27H40N8O3S. The summed E-state index contributed by atoms with van der Waals surface area (Å²) in [5.41, 5.74) is 8.63. The Balaban J connectivity index is 1.85. The third-order valence-corrected chi connectivity index (χ3v) is 8.31. The molecule has 0 fully saturated rings. The average Bonchev–Trinajstić information content (AvgIpc) is 3.29. The van der Waals surface area contributed by atoms with Crippen LogP contribution in [0.5, 0.6) is 0 Å². The topological polar surface area (TPSA) is 138 Å². The van der Waals surface area contributed by atoms with Gasteiger partial charge in [0.2, 0.25) is 10.0 Å². The number of rotatable bonds is 5. The lowest BCUT2D eigenvalue weighted by molar-refractivity contribution is 0.0723. The summed E-state index contributed by atoms with van der Waals surface area (Å²) in [5, 5.41) is 8.20. The summed E-state index contributed by atoms with van der Waals surface area (Å²) in [6.45, 7) is 8.84. The van der Waals surface area contributed by atoms with Crippen LogP contribution in [0.1, 0.15) is 68.2 Å². The lowest BCUT2D eigenvalue weighted by Crippen LogP contribution is -2.39. The Labute approximate surface area is 230 Å². The van der Waals surface area contributed by atoms with Crippen LogP contribution < -0.4 is 20.7 Å². The van der Waals surface area contributed by atoms with E-state index in [1.165, 1.54) is 0 Å². The van der Waals surface area contributed by atoms with Gasteiger partial charge in [0, 0.05) is 44.9 Å². The fourth-order valence-electron chi connectivity index (χ4n) is 4.74. The molecule has 4 rings (SSSR count). The Bertz CT molecular complexity index is 1460. The number of nitrogens with zero attached hydrogens (tertiary/aromatic N) is 5. The Morgan fingerprint density at radius 2 is 1.92 bits per heavy atom. The monoisotopic (exact) mass is 556 g/mol. The van der Waals surface area contributed by atoms with Crippen molar-refractivity contribution in [3.63, 3.8) is 0 Å². The Kier molecular flexibility index (Phi) is 8.08. The van der Waals surface area contributed by atoms with Gasteiger partial charge in [-0.25, -0.2) is 13.4 Å². The van der Waals surface area contributed by atoms with Crippen molar-refractivity contribution in [2.75, 3.05) is 47.9 Å². The largest absolute Gasteiger partial charge is 0.368 e. The van der Waals surface area contributed by atoms with Gasteiger partial charge in [-0.15, -0.1) is 0 Å². The van der Waals surface area contributed by atoms with Crippen LogP contribution in [0, 0.1) is 0 Å². The minimum absolute atomic E-state index is 0.0982. The summed E-state index contributed by atoms with van der Waals surface area (Å²) < 4.78 is 30.5. The summed E-state index contributed by atoms with van der Waals surface area (Å²) in [6, 6.07) is 8.75. The molecule has 4 N–H and O–H groups in total. The maximum absolute atomic E-state index is 13.8. The van der Waals surface area contributed by atoms with Crippen molar-refractivity contribution >= 4 is 38.9 Å². The summed E-state index contributed by atoms with van der Waals surface area (Å²) in [5.74, 6) is 1.02. The number of carbonyl (C=O) groups excluding carboxylic acids is 1. The summed E-state index contributed by atoms with van der Waals surface area (Å²) in [7, 11) is -0.0636. The molecule has 0 saturated carbocycles.